The van der Waals surface area contributed by atoms with Gasteiger partial charge in [0.15, 0.2) is 0 Å². The topological polar surface area (TPSA) is 55.4 Å². The minimum atomic E-state index is -1.13. The van der Waals surface area contributed by atoms with E-state index in [9.17, 15) is 18.4 Å². The number of nitrogens with one attached hydrogen (secondary N) is 1. The van der Waals surface area contributed by atoms with Crippen molar-refractivity contribution in [1.29, 1.82) is 0 Å². The lowest BCUT2D eigenvalue weighted by Crippen LogP contribution is -2.17. The Hall–Kier alpha value is -3.54. The van der Waals surface area contributed by atoms with Crippen LogP contribution in [0.5, 0.6) is 0 Å². The van der Waals surface area contributed by atoms with E-state index in [1.54, 1.807) is 55.5 Å². The molecule has 0 heterocycles. The van der Waals surface area contributed by atoms with Crippen molar-refractivity contribution in [1.82, 2.24) is 0 Å². The maximum absolute atomic E-state index is 14.4. The second-order valence-electron chi connectivity index (χ2n) is 6.87. The molecule has 0 aliphatic heterocycles. The number of allylic oxidation sites excluding steroid dienone is 4. The predicted molar refractivity (Wildman–Crippen MR) is 113 cm³/mol. The Morgan fingerprint density at radius 2 is 1.97 bits per heavy atom. The number of hydrogen-bond acceptors (Lipinski definition) is 3. The van der Waals surface area contributed by atoms with Gasteiger partial charge in [-0.25, -0.2) is 13.6 Å². The fraction of sp³-hybridized carbons (Fsp3) is 0.167. The molecule has 30 heavy (non-hydrogen) atoms. The molecule has 2 unspecified atom stereocenters. The van der Waals surface area contributed by atoms with Gasteiger partial charge in [0.2, 0.25) is 0 Å². The number of halogens is 2. The second kappa shape index (κ2) is 9.31. The number of methoxy groups -OCH3 is 1. The van der Waals surface area contributed by atoms with Gasteiger partial charge in [0.25, 0.3) is 5.91 Å². The summed E-state index contributed by atoms with van der Waals surface area (Å²) in [5, 5.41) is 2.65. The lowest BCUT2D eigenvalue weighted by Gasteiger charge is -2.21. The molecule has 3 rings (SSSR count). The number of carbonyl (C=O) groups excluding carboxylic acids is 2. The summed E-state index contributed by atoms with van der Waals surface area (Å²) in [4.78, 5) is 23.9. The Kier molecular flexibility index (Phi) is 6.57. The van der Waals surface area contributed by atoms with Crippen LogP contribution in [-0.4, -0.2) is 25.2 Å². The Bertz CT molecular complexity index is 1060. The first-order chi connectivity index (χ1) is 14.4. The van der Waals surface area contributed by atoms with Crippen molar-refractivity contribution in [2.24, 2.45) is 5.92 Å². The molecule has 2 aromatic carbocycles. The lowest BCUT2D eigenvalue weighted by molar-refractivity contribution is -0.134. The normalized spacial score (nSPS) is 18.2. The molecule has 4 nitrogen and oxygen atoms in total. The van der Waals surface area contributed by atoms with Crippen molar-refractivity contribution in [3.05, 3.63) is 89.3 Å². The highest BCUT2D eigenvalue weighted by Crippen LogP contribution is 2.32. The number of hydrogen-bond donors (Lipinski definition) is 1. The molecular weight excluding hydrogens is 388 g/mol. The lowest BCUT2D eigenvalue weighted by atomic mass is 9.86. The van der Waals surface area contributed by atoms with Gasteiger partial charge in [-0.3, -0.25) is 4.79 Å². The van der Waals surface area contributed by atoms with Gasteiger partial charge in [-0.15, -0.1) is 0 Å². The van der Waals surface area contributed by atoms with Gasteiger partial charge < -0.3 is 10.1 Å². The third-order valence-corrected chi connectivity index (χ3v) is 4.84. The summed E-state index contributed by atoms with van der Waals surface area (Å²) in [7, 11) is 1.28. The second-order valence-corrected chi connectivity index (χ2v) is 6.87. The van der Waals surface area contributed by atoms with Gasteiger partial charge in [0.1, 0.15) is 12.0 Å². The molecule has 0 saturated heterocycles. The van der Waals surface area contributed by atoms with E-state index in [2.05, 4.69) is 10.1 Å². The fourth-order valence-electron chi connectivity index (χ4n) is 3.14. The summed E-state index contributed by atoms with van der Waals surface area (Å²) in [5.74, 6) is -2.19. The quantitative estimate of drug-likeness (QED) is 0.546. The van der Waals surface area contributed by atoms with Crippen LogP contribution in [0.1, 0.15) is 28.4 Å². The van der Waals surface area contributed by atoms with Gasteiger partial charge in [-0.05, 0) is 47.0 Å². The molecule has 0 aromatic heterocycles. The summed E-state index contributed by atoms with van der Waals surface area (Å²) >= 11 is 0. The molecule has 1 aliphatic carbocycles. The average molecular weight is 409 g/mol. The molecular formula is C24H21F2NO3. The number of ether oxygens (including phenoxy) is 1. The molecule has 6 heteroatoms. The standard InChI is InChI=1S/C24H21F2NO3/c1-15-19(7-4-8-21(15)25)17-10-11-22(26)20(14-17)24(29)27-18-6-3-5-16(13-18)9-12-23(28)30-2/h3-15,21H,1-2H3,(H,27,29)/b12-9+. The van der Waals surface area contributed by atoms with Crippen molar-refractivity contribution < 1.29 is 23.1 Å². The summed E-state index contributed by atoms with van der Waals surface area (Å²) < 4.78 is 32.9. The van der Waals surface area contributed by atoms with Gasteiger partial charge in [-0.2, -0.15) is 0 Å². The molecule has 0 saturated carbocycles. The predicted octanol–water partition coefficient (Wildman–Crippen LogP) is 5.19. The van der Waals surface area contributed by atoms with E-state index >= 15 is 0 Å². The minimum absolute atomic E-state index is 0.138. The molecule has 1 N–H and O–H groups in total. The van der Waals surface area contributed by atoms with Gasteiger partial charge in [0, 0.05) is 17.7 Å². The monoisotopic (exact) mass is 409 g/mol. The van der Waals surface area contributed by atoms with E-state index in [-0.39, 0.29) is 5.56 Å². The first-order valence-electron chi connectivity index (χ1n) is 9.39. The Labute approximate surface area is 173 Å². The number of anilines is 1. The summed E-state index contributed by atoms with van der Waals surface area (Å²) in [6.07, 6.45) is 6.53. The highest BCUT2D eigenvalue weighted by Gasteiger charge is 2.23. The van der Waals surface area contributed by atoms with Crippen LogP contribution in [0.2, 0.25) is 0 Å². The van der Waals surface area contributed by atoms with Gasteiger partial charge in [-0.1, -0.05) is 43.4 Å². The van der Waals surface area contributed by atoms with E-state index in [4.69, 9.17) is 0 Å². The molecule has 1 amide bonds. The van der Waals surface area contributed by atoms with E-state index in [1.807, 2.05) is 0 Å². The largest absolute Gasteiger partial charge is 0.466 e. The highest BCUT2D eigenvalue weighted by molar-refractivity contribution is 6.05. The van der Waals surface area contributed by atoms with Crippen LogP contribution in [0.25, 0.3) is 11.6 Å². The van der Waals surface area contributed by atoms with E-state index in [0.29, 0.717) is 22.4 Å². The number of carbonyl (C=O) groups is 2. The minimum Gasteiger partial charge on any atom is -0.466 e. The van der Waals surface area contributed by atoms with Crippen molar-refractivity contribution in [3.63, 3.8) is 0 Å². The van der Waals surface area contributed by atoms with Crippen LogP contribution in [0.4, 0.5) is 14.5 Å². The van der Waals surface area contributed by atoms with E-state index < -0.39 is 29.8 Å². The SMILES string of the molecule is COC(=O)/C=C/c1cccc(NC(=O)c2cc(C3=CC=CC(F)C3C)ccc2F)c1. The molecule has 2 atom stereocenters. The summed E-state index contributed by atoms with van der Waals surface area (Å²) in [5.41, 5.74) is 2.26. The molecule has 0 bridgehead atoms. The first kappa shape index (κ1) is 21.2. The van der Waals surface area contributed by atoms with Crippen LogP contribution in [0, 0.1) is 11.7 Å². The Morgan fingerprint density at radius 3 is 2.73 bits per heavy atom. The number of esters is 1. The smallest absolute Gasteiger partial charge is 0.330 e. The van der Waals surface area contributed by atoms with Gasteiger partial charge in [0.05, 0.1) is 12.7 Å². The number of benzene rings is 2. The Morgan fingerprint density at radius 1 is 1.17 bits per heavy atom. The molecule has 2 aromatic rings. The van der Waals surface area contributed by atoms with Crippen LogP contribution in [-0.2, 0) is 9.53 Å². The van der Waals surface area contributed by atoms with E-state index in [0.717, 1.165) is 0 Å². The van der Waals surface area contributed by atoms with Crippen molar-refractivity contribution in [2.75, 3.05) is 12.4 Å². The van der Waals surface area contributed by atoms with Crippen molar-refractivity contribution >= 4 is 29.2 Å². The number of amides is 1. The summed E-state index contributed by atoms with van der Waals surface area (Å²) in [6, 6.07) is 10.9. The highest BCUT2D eigenvalue weighted by atomic mass is 19.1. The van der Waals surface area contributed by atoms with Crippen LogP contribution in [0.3, 0.4) is 0 Å². The van der Waals surface area contributed by atoms with Crippen LogP contribution in [0.15, 0.2) is 66.8 Å². The fourth-order valence-corrected chi connectivity index (χ4v) is 3.14. The van der Waals surface area contributed by atoms with Crippen LogP contribution >= 0.6 is 0 Å². The molecule has 1 aliphatic rings. The molecule has 154 valence electrons. The molecule has 0 radical (unpaired) electrons. The first-order valence-corrected chi connectivity index (χ1v) is 9.39. The summed E-state index contributed by atoms with van der Waals surface area (Å²) in [6.45, 7) is 1.75. The van der Waals surface area contributed by atoms with Crippen LogP contribution < -0.4 is 5.32 Å². The van der Waals surface area contributed by atoms with Crippen molar-refractivity contribution in [3.8, 4) is 0 Å². The zero-order valence-electron chi connectivity index (χ0n) is 16.6. The zero-order chi connectivity index (χ0) is 21.7. The maximum atomic E-state index is 14.4. The van der Waals surface area contributed by atoms with E-state index in [1.165, 1.54) is 31.4 Å². The Balaban J connectivity index is 1.82. The zero-order valence-corrected chi connectivity index (χ0v) is 16.6. The number of rotatable bonds is 5. The molecule has 0 fully saturated rings. The van der Waals surface area contributed by atoms with Gasteiger partial charge >= 0.3 is 5.97 Å². The van der Waals surface area contributed by atoms with Crippen molar-refractivity contribution in [2.45, 2.75) is 13.1 Å². The maximum Gasteiger partial charge on any atom is 0.330 e. The third-order valence-electron chi connectivity index (χ3n) is 4.84. The molecule has 0 spiro atoms. The third kappa shape index (κ3) is 4.89. The number of alkyl halides is 1. The average Bonchev–Trinajstić information content (AvgIpc) is 2.74.